The van der Waals surface area contributed by atoms with Crippen molar-refractivity contribution in [2.45, 2.75) is 13.3 Å². The van der Waals surface area contributed by atoms with Gasteiger partial charge in [-0.3, -0.25) is 4.79 Å². The van der Waals surface area contributed by atoms with Crippen LogP contribution in [0.4, 0.5) is 0 Å². The minimum Gasteiger partial charge on any atom is -0.481 e. The van der Waals surface area contributed by atoms with E-state index in [1.54, 1.807) is 12.1 Å². The van der Waals surface area contributed by atoms with Crippen molar-refractivity contribution < 1.29 is 18.3 Å². The lowest BCUT2D eigenvalue weighted by Crippen LogP contribution is -2.24. The van der Waals surface area contributed by atoms with Crippen molar-refractivity contribution in [3.8, 4) is 0 Å². The van der Waals surface area contributed by atoms with E-state index in [0.717, 1.165) is 16.5 Å². The summed E-state index contributed by atoms with van der Waals surface area (Å²) in [6.07, 6.45) is 1.22. The Labute approximate surface area is 106 Å². The van der Waals surface area contributed by atoms with Crippen LogP contribution in [0.1, 0.15) is 17.5 Å². The lowest BCUT2D eigenvalue weighted by atomic mass is 10.2. The third-order valence-corrected chi connectivity index (χ3v) is 3.26. The summed E-state index contributed by atoms with van der Waals surface area (Å²) in [6.45, 7) is 1.83. The number of hydrogen-bond acceptors (Lipinski definition) is 3. The number of carboxylic acid groups (broad SMARTS) is 1. The largest absolute Gasteiger partial charge is 0.481 e. The molecule has 0 unspecified atom stereocenters. The quantitative estimate of drug-likeness (QED) is 0.816. The van der Waals surface area contributed by atoms with E-state index in [1.807, 2.05) is 19.1 Å². The van der Waals surface area contributed by atoms with E-state index >= 15 is 0 Å². The third-order valence-electron chi connectivity index (χ3n) is 2.16. The van der Waals surface area contributed by atoms with Crippen LogP contribution in [0, 0.1) is 6.92 Å². The Hall–Kier alpha value is -1.66. The Balaban J connectivity index is 2.59. The minimum absolute atomic E-state index is 0.115. The smallest absolute Gasteiger partial charge is 0.304 e. The summed E-state index contributed by atoms with van der Waals surface area (Å²) in [4.78, 5) is 10.2. The van der Waals surface area contributed by atoms with Crippen LogP contribution in [0.15, 0.2) is 29.7 Å². The van der Waals surface area contributed by atoms with Gasteiger partial charge in [-0.2, -0.15) is 0 Å². The van der Waals surface area contributed by atoms with Gasteiger partial charge in [0.25, 0.3) is 0 Å². The summed E-state index contributed by atoms with van der Waals surface area (Å²) in [5.41, 5.74) is 1.86. The molecule has 5 nitrogen and oxygen atoms in total. The lowest BCUT2D eigenvalue weighted by molar-refractivity contribution is -0.136. The van der Waals surface area contributed by atoms with Crippen LogP contribution in [-0.2, 0) is 14.8 Å². The first kappa shape index (κ1) is 14.4. The van der Waals surface area contributed by atoms with Gasteiger partial charge >= 0.3 is 5.97 Å². The summed E-state index contributed by atoms with van der Waals surface area (Å²) in [5.74, 6) is -1.04. The van der Waals surface area contributed by atoms with Crippen molar-refractivity contribution >= 4 is 22.1 Å². The summed E-state index contributed by atoms with van der Waals surface area (Å²) in [6, 6.07) is 7.37. The van der Waals surface area contributed by atoms with E-state index in [4.69, 9.17) is 5.11 Å². The third kappa shape index (κ3) is 5.60. The molecule has 0 aliphatic carbocycles. The van der Waals surface area contributed by atoms with Crippen LogP contribution < -0.4 is 4.72 Å². The van der Waals surface area contributed by atoms with Gasteiger partial charge in [-0.05, 0) is 18.6 Å². The molecule has 1 aromatic carbocycles. The number of aliphatic carboxylic acids is 1. The zero-order valence-corrected chi connectivity index (χ0v) is 10.8. The summed E-state index contributed by atoms with van der Waals surface area (Å²) in [7, 11) is -3.58. The molecule has 0 aromatic heterocycles. The monoisotopic (exact) mass is 269 g/mol. The molecule has 6 heteroatoms. The first-order valence-corrected chi connectivity index (χ1v) is 6.90. The topological polar surface area (TPSA) is 83.5 Å². The normalized spacial score (nSPS) is 11.8. The van der Waals surface area contributed by atoms with Crippen molar-refractivity contribution in [2.24, 2.45) is 0 Å². The molecule has 0 bridgehead atoms. The van der Waals surface area contributed by atoms with Crippen LogP contribution in [0.25, 0.3) is 6.08 Å². The molecular weight excluding hydrogens is 254 g/mol. The van der Waals surface area contributed by atoms with E-state index in [-0.39, 0.29) is 13.0 Å². The number of aryl methyl sites for hydroxylation is 1. The number of hydrogen-bond donors (Lipinski definition) is 2. The Bertz CT molecular complexity index is 532. The van der Waals surface area contributed by atoms with Crippen molar-refractivity contribution in [1.82, 2.24) is 4.72 Å². The fourth-order valence-electron chi connectivity index (χ4n) is 1.19. The molecule has 0 saturated heterocycles. The molecule has 18 heavy (non-hydrogen) atoms. The maximum Gasteiger partial charge on any atom is 0.304 e. The van der Waals surface area contributed by atoms with E-state index < -0.39 is 16.0 Å². The second kappa shape index (κ2) is 6.32. The molecule has 0 fully saturated rings. The van der Waals surface area contributed by atoms with E-state index in [0.29, 0.717) is 0 Å². The van der Waals surface area contributed by atoms with Crippen LogP contribution in [0.2, 0.25) is 0 Å². The van der Waals surface area contributed by atoms with Gasteiger partial charge in [-0.15, -0.1) is 0 Å². The number of carboxylic acids is 1. The van der Waals surface area contributed by atoms with Crippen LogP contribution in [0.3, 0.4) is 0 Å². The number of sulfonamides is 1. The van der Waals surface area contributed by atoms with Crippen molar-refractivity contribution in [1.29, 1.82) is 0 Å². The highest BCUT2D eigenvalue weighted by Gasteiger charge is 2.05. The second-order valence-electron chi connectivity index (χ2n) is 3.80. The van der Waals surface area contributed by atoms with E-state index in [1.165, 1.54) is 6.08 Å². The first-order valence-electron chi connectivity index (χ1n) is 5.35. The number of carbonyl (C=O) groups is 1. The average Bonchev–Trinajstić information content (AvgIpc) is 2.27. The molecule has 0 atom stereocenters. The molecule has 0 amide bonds. The Kier molecular flexibility index (Phi) is 5.06. The maximum absolute atomic E-state index is 11.5. The second-order valence-corrected chi connectivity index (χ2v) is 5.45. The van der Waals surface area contributed by atoms with Gasteiger partial charge in [0.1, 0.15) is 0 Å². The van der Waals surface area contributed by atoms with Gasteiger partial charge in [-0.1, -0.05) is 29.8 Å². The van der Waals surface area contributed by atoms with Gasteiger partial charge in [0, 0.05) is 12.0 Å². The molecule has 98 valence electrons. The van der Waals surface area contributed by atoms with E-state index in [2.05, 4.69) is 4.72 Å². The number of rotatable bonds is 6. The highest BCUT2D eigenvalue weighted by molar-refractivity contribution is 7.92. The van der Waals surface area contributed by atoms with Crippen molar-refractivity contribution in [3.05, 3.63) is 40.8 Å². The molecule has 0 spiro atoms. The molecule has 0 heterocycles. The fraction of sp³-hybridized carbons (Fsp3) is 0.250. The summed E-state index contributed by atoms with van der Waals surface area (Å²) >= 11 is 0. The molecular formula is C12H15NO4S. The molecule has 2 N–H and O–H groups in total. The minimum atomic E-state index is -3.58. The molecule has 0 aliphatic rings. The molecule has 0 saturated carbocycles. The van der Waals surface area contributed by atoms with Crippen molar-refractivity contribution in [2.75, 3.05) is 6.54 Å². The lowest BCUT2D eigenvalue weighted by Gasteiger charge is -2.00. The first-order chi connectivity index (χ1) is 8.39. The number of nitrogens with one attached hydrogen (secondary N) is 1. The highest BCUT2D eigenvalue weighted by atomic mass is 32.2. The van der Waals surface area contributed by atoms with Crippen molar-refractivity contribution in [3.63, 3.8) is 0 Å². The van der Waals surface area contributed by atoms with Crippen LogP contribution in [0.5, 0.6) is 0 Å². The maximum atomic E-state index is 11.5. The van der Waals surface area contributed by atoms with Crippen LogP contribution in [-0.4, -0.2) is 26.0 Å². The SMILES string of the molecule is Cc1ccc(/C=C/S(=O)(=O)NCCC(=O)O)cc1. The standard InChI is InChI=1S/C12H15NO4S/c1-10-2-4-11(5-3-10)7-9-18(16,17)13-8-6-12(14)15/h2-5,7,9,13H,6,8H2,1H3,(H,14,15)/b9-7+. The van der Waals surface area contributed by atoms with Gasteiger partial charge in [0.15, 0.2) is 0 Å². The molecule has 1 aromatic rings. The van der Waals surface area contributed by atoms with Crippen LogP contribution >= 0.6 is 0 Å². The predicted octanol–water partition coefficient (Wildman–Crippen LogP) is 1.36. The molecule has 1 rings (SSSR count). The van der Waals surface area contributed by atoms with Gasteiger partial charge in [-0.25, -0.2) is 13.1 Å². The highest BCUT2D eigenvalue weighted by Crippen LogP contribution is 2.05. The Morgan fingerprint density at radius 1 is 1.33 bits per heavy atom. The molecule has 0 radical (unpaired) electrons. The zero-order valence-electron chi connectivity index (χ0n) is 9.96. The average molecular weight is 269 g/mol. The van der Waals surface area contributed by atoms with Gasteiger partial charge < -0.3 is 5.11 Å². The predicted molar refractivity (Wildman–Crippen MR) is 69.4 cm³/mol. The summed E-state index contributed by atoms with van der Waals surface area (Å²) in [5, 5.41) is 9.42. The van der Waals surface area contributed by atoms with E-state index in [9.17, 15) is 13.2 Å². The number of benzene rings is 1. The summed E-state index contributed by atoms with van der Waals surface area (Å²) < 4.78 is 25.1. The fourth-order valence-corrected chi connectivity index (χ4v) is 2.01. The Morgan fingerprint density at radius 2 is 1.94 bits per heavy atom. The molecule has 0 aliphatic heterocycles. The Morgan fingerprint density at radius 3 is 2.50 bits per heavy atom. The van der Waals surface area contributed by atoms with Gasteiger partial charge in [0.05, 0.1) is 6.42 Å². The zero-order chi connectivity index (χ0) is 13.6. The van der Waals surface area contributed by atoms with Gasteiger partial charge in [0.2, 0.25) is 10.0 Å².